The summed E-state index contributed by atoms with van der Waals surface area (Å²) in [7, 11) is 0. The molecule has 6 rings (SSSR count). The van der Waals surface area contributed by atoms with Gasteiger partial charge in [-0.15, -0.1) is 0 Å². The number of rotatable bonds is 5. The van der Waals surface area contributed by atoms with Crippen molar-refractivity contribution in [3.8, 4) is 11.3 Å². The molecule has 3 aliphatic heterocycles. The quantitative estimate of drug-likeness (QED) is 0.517. The van der Waals surface area contributed by atoms with Gasteiger partial charge in [0.1, 0.15) is 6.54 Å². The van der Waals surface area contributed by atoms with Crippen molar-refractivity contribution in [2.24, 2.45) is 0 Å². The van der Waals surface area contributed by atoms with Gasteiger partial charge in [-0.2, -0.15) is 0 Å². The maximum Gasteiger partial charge on any atom is 0.256 e. The molecule has 1 fully saturated rings. The summed E-state index contributed by atoms with van der Waals surface area (Å²) < 4.78 is 5.42. The largest absolute Gasteiger partial charge is 0.381 e. The van der Waals surface area contributed by atoms with E-state index >= 15 is 0 Å². The molecule has 0 radical (unpaired) electrons. The highest BCUT2D eigenvalue weighted by Crippen LogP contribution is 2.31. The number of anilines is 1. The molecule has 2 amide bonds. The molecule has 202 valence electrons. The molecule has 1 unspecified atom stereocenters. The van der Waals surface area contributed by atoms with Gasteiger partial charge in [-0.25, -0.2) is 9.97 Å². The van der Waals surface area contributed by atoms with Crippen molar-refractivity contribution >= 4 is 29.4 Å². The van der Waals surface area contributed by atoms with Crippen LogP contribution in [-0.4, -0.2) is 75.5 Å². The fourth-order valence-corrected chi connectivity index (χ4v) is 5.86. The molecule has 0 bridgehead atoms. The lowest BCUT2D eigenvalue weighted by Crippen LogP contribution is -2.42. The van der Waals surface area contributed by atoms with Crippen molar-refractivity contribution in [1.29, 1.82) is 0 Å². The van der Waals surface area contributed by atoms with Crippen LogP contribution in [0, 0.1) is 0 Å². The fourth-order valence-electron chi connectivity index (χ4n) is 5.66. The highest BCUT2D eigenvalue weighted by molar-refractivity contribution is 6.33. The Labute approximate surface area is 232 Å². The van der Waals surface area contributed by atoms with E-state index in [1.165, 1.54) is 11.1 Å². The number of hydrogen-bond donors (Lipinski definition) is 1. The molecule has 1 N–H and O–H groups in total. The van der Waals surface area contributed by atoms with Crippen LogP contribution in [-0.2, 0) is 22.5 Å². The Balaban J connectivity index is 1.15. The predicted octanol–water partition coefficient (Wildman–Crippen LogP) is 3.93. The summed E-state index contributed by atoms with van der Waals surface area (Å²) in [5, 5.41) is 3.73. The number of nitrogens with zero attached hydrogens (tertiary/aromatic N) is 5. The van der Waals surface area contributed by atoms with Gasteiger partial charge >= 0.3 is 0 Å². The third kappa shape index (κ3) is 5.33. The Kier molecular flexibility index (Phi) is 7.18. The Morgan fingerprint density at radius 3 is 2.85 bits per heavy atom. The average molecular weight is 547 g/mol. The second-order valence-corrected chi connectivity index (χ2v) is 10.9. The third-order valence-electron chi connectivity index (χ3n) is 7.81. The van der Waals surface area contributed by atoms with Gasteiger partial charge in [-0.3, -0.25) is 14.6 Å². The molecule has 10 heteroatoms. The van der Waals surface area contributed by atoms with E-state index in [0.717, 1.165) is 19.3 Å². The average Bonchev–Trinajstić information content (AvgIpc) is 3.15. The number of carbonyl (C=O) groups excluding carboxylic acids is 2. The van der Waals surface area contributed by atoms with E-state index in [4.69, 9.17) is 16.3 Å². The Hall–Kier alpha value is -3.56. The van der Waals surface area contributed by atoms with Crippen molar-refractivity contribution in [2.45, 2.75) is 44.7 Å². The van der Waals surface area contributed by atoms with Crippen molar-refractivity contribution < 1.29 is 14.3 Å². The molecule has 1 saturated heterocycles. The number of fused-ring (bicyclic) bond motifs is 2. The van der Waals surface area contributed by atoms with Gasteiger partial charge in [0.15, 0.2) is 0 Å². The first-order valence-corrected chi connectivity index (χ1v) is 13.8. The number of pyridine rings is 1. The van der Waals surface area contributed by atoms with Crippen LogP contribution in [0.4, 0.5) is 5.95 Å². The van der Waals surface area contributed by atoms with E-state index in [1.807, 2.05) is 17.0 Å². The highest BCUT2D eigenvalue weighted by atomic mass is 35.5. The first-order valence-electron chi connectivity index (χ1n) is 13.5. The Morgan fingerprint density at radius 2 is 2.00 bits per heavy atom. The van der Waals surface area contributed by atoms with Crippen LogP contribution in [0.5, 0.6) is 0 Å². The number of nitrogens with one attached hydrogen (secondary N) is 1. The van der Waals surface area contributed by atoms with Crippen LogP contribution in [0.25, 0.3) is 11.3 Å². The number of hydrogen-bond acceptors (Lipinski definition) is 7. The number of carbonyl (C=O) groups is 2. The molecule has 3 aliphatic rings. The van der Waals surface area contributed by atoms with Crippen molar-refractivity contribution in [1.82, 2.24) is 24.8 Å². The summed E-state index contributed by atoms with van der Waals surface area (Å²) in [5.74, 6) is 0.476. The van der Waals surface area contributed by atoms with Crippen molar-refractivity contribution in [3.63, 3.8) is 0 Å². The molecule has 1 aromatic carbocycles. The van der Waals surface area contributed by atoms with Crippen LogP contribution >= 0.6 is 11.6 Å². The first-order chi connectivity index (χ1) is 19.0. The number of amides is 2. The van der Waals surface area contributed by atoms with Crippen LogP contribution in [0.3, 0.4) is 0 Å². The molecule has 0 aliphatic carbocycles. The minimum absolute atomic E-state index is 0.0288. The molecule has 2 aromatic heterocycles. The van der Waals surface area contributed by atoms with E-state index in [2.05, 4.69) is 39.3 Å². The van der Waals surface area contributed by atoms with Gasteiger partial charge in [0, 0.05) is 44.1 Å². The molecular weight excluding hydrogens is 516 g/mol. The van der Waals surface area contributed by atoms with E-state index < -0.39 is 0 Å². The second kappa shape index (κ2) is 10.9. The van der Waals surface area contributed by atoms with Crippen LogP contribution < -0.4 is 5.32 Å². The zero-order valence-electron chi connectivity index (χ0n) is 21.9. The first kappa shape index (κ1) is 25.7. The Morgan fingerprint density at radius 1 is 1.18 bits per heavy atom. The van der Waals surface area contributed by atoms with Gasteiger partial charge in [-0.05, 0) is 42.4 Å². The molecule has 0 saturated carbocycles. The number of halogens is 1. The molecule has 9 nitrogen and oxygen atoms in total. The normalized spacial score (nSPS) is 19.4. The lowest BCUT2D eigenvalue weighted by molar-refractivity contribution is -0.132. The number of benzene rings is 1. The van der Waals surface area contributed by atoms with E-state index in [9.17, 15) is 9.59 Å². The SMILES string of the molecule is CC1CN(C(=O)CN2Cc3ncc(-c4nc(NC5CCOCC5)ncc4Cl)cc3C2=O)CCc2ccccc21. The van der Waals surface area contributed by atoms with Gasteiger partial charge in [0.25, 0.3) is 5.91 Å². The van der Waals surface area contributed by atoms with Gasteiger partial charge in [0.2, 0.25) is 11.9 Å². The summed E-state index contributed by atoms with van der Waals surface area (Å²) in [4.78, 5) is 43.6. The van der Waals surface area contributed by atoms with Crippen LogP contribution in [0.2, 0.25) is 5.02 Å². The van der Waals surface area contributed by atoms with E-state index in [0.29, 0.717) is 66.3 Å². The topological polar surface area (TPSA) is 101 Å². The smallest absolute Gasteiger partial charge is 0.256 e. The molecule has 5 heterocycles. The zero-order valence-corrected chi connectivity index (χ0v) is 22.7. The van der Waals surface area contributed by atoms with Gasteiger partial charge in [-0.1, -0.05) is 42.8 Å². The number of aromatic nitrogens is 3. The van der Waals surface area contributed by atoms with Crippen LogP contribution in [0.15, 0.2) is 42.7 Å². The summed E-state index contributed by atoms with van der Waals surface area (Å²) >= 11 is 6.46. The predicted molar refractivity (Wildman–Crippen MR) is 148 cm³/mol. The Bertz CT molecular complexity index is 1410. The van der Waals surface area contributed by atoms with Crippen molar-refractivity contribution in [3.05, 3.63) is 70.1 Å². The molecular formula is C29H31ClN6O3. The zero-order chi connectivity index (χ0) is 26.9. The number of ether oxygens (including phenoxy) is 1. The molecule has 1 atom stereocenters. The van der Waals surface area contributed by atoms with Gasteiger partial charge in [0.05, 0.1) is 34.7 Å². The molecule has 3 aromatic rings. The van der Waals surface area contributed by atoms with Crippen molar-refractivity contribution in [2.75, 3.05) is 38.2 Å². The standard InChI is InChI=1S/C29H31ClN6O3/c1-18-15-35(9-6-19-4-2-3-5-22(18)19)26(37)17-36-16-25-23(28(36)38)12-20(13-31-25)27-24(30)14-32-29(34-27)33-21-7-10-39-11-8-21/h2-5,12-14,18,21H,6-11,15-17H2,1H3,(H,32,33,34). The van der Waals surface area contributed by atoms with Crippen LogP contribution in [0.1, 0.15) is 52.9 Å². The summed E-state index contributed by atoms with van der Waals surface area (Å²) in [6.45, 7) is 5.18. The minimum atomic E-state index is -0.204. The lowest BCUT2D eigenvalue weighted by Gasteiger charge is -2.25. The lowest BCUT2D eigenvalue weighted by atomic mass is 9.96. The summed E-state index contributed by atoms with van der Waals surface area (Å²) in [6.07, 6.45) is 5.82. The summed E-state index contributed by atoms with van der Waals surface area (Å²) in [5.41, 5.74) is 4.86. The minimum Gasteiger partial charge on any atom is -0.381 e. The fraction of sp³-hybridized carbons (Fsp3) is 0.414. The monoisotopic (exact) mass is 546 g/mol. The third-order valence-corrected chi connectivity index (χ3v) is 8.09. The molecule has 0 spiro atoms. The second-order valence-electron chi connectivity index (χ2n) is 10.5. The highest BCUT2D eigenvalue weighted by Gasteiger charge is 2.33. The maximum atomic E-state index is 13.3. The molecule has 39 heavy (non-hydrogen) atoms. The summed E-state index contributed by atoms with van der Waals surface area (Å²) in [6, 6.07) is 10.4. The van der Waals surface area contributed by atoms with E-state index in [-0.39, 0.29) is 30.3 Å². The van der Waals surface area contributed by atoms with E-state index in [1.54, 1.807) is 23.4 Å². The maximum absolute atomic E-state index is 13.3. The van der Waals surface area contributed by atoms with Gasteiger partial charge < -0.3 is 19.9 Å².